The lowest BCUT2D eigenvalue weighted by Crippen LogP contribution is -2.19. The molecule has 0 spiro atoms. The Labute approximate surface area is 154 Å². The highest BCUT2D eigenvalue weighted by atomic mass is 16.2. The fourth-order valence-electron chi connectivity index (χ4n) is 2.82. The van der Waals surface area contributed by atoms with Gasteiger partial charge in [0.1, 0.15) is 5.52 Å². The maximum absolute atomic E-state index is 12.8. The predicted octanol–water partition coefficient (Wildman–Crippen LogP) is 2.68. The largest absolute Gasteiger partial charge is 0.321 e. The number of carbonyl (C=O) groups excluding carboxylic acids is 1. The van der Waals surface area contributed by atoms with Crippen molar-refractivity contribution in [1.29, 1.82) is 0 Å². The molecule has 7 nitrogen and oxygen atoms in total. The molecular formula is C20H17N5O2. The maximum atomic E-state index is 12.8. The number of aromatic nitrogens is 4. The Morgan fingerprint density at radius 2 is 1.74 bits per heavy atom. The Bertz CT molecular complexity index is 1190. The lowest BCUT2D eigenvalue weighted by atomic mass is 10.2. The first-order valence-electron chi connectivity index (χ1n) is 8.42. The molecule has 0 saturated carbocycles. The van der Waals surface area contributed by atoms with Crippen LogP contribution < -0.4 is 10.9 Å². The van der Waals surface area contributed by atoms with Crippen LogP contribution in [0.15, 0.2) is 65.7 Å². The molecular weight excluding hydrogens is 342 g/mol. The van der Waals surface area contributed by atoms with E-state index in [1.54, 1.807) is 7.05 Å². The van der Waals surface area contributed by atoms with Gasteiger partial charge in [0.15, 0.2) is 11.2 Å². The molecule has 4 rings (SSSR count). The first-order valence-corrected chi connectivity index (χ1v) is 8.42. The van der Waals surface area contributed by atoms with E-state index in [0.29, 0.717) is 11.4 Å². The zero-order valence-electron chi connectivity index (χ0n) is 14.9. The van der Waals surface area contributed by atoms with Gasteiger partial charge in [-0.1, -0.05) is 35.9 Å². The van der Waals surface area contributed by atoms with Crippen LogP contribution >= 0.6 is 0 Å². The summed E-state index contributed by atoms with van der Waals surface area (Å²) in [6, 6.07) is 16.6. The van der Waals surface area contributed by atoms with E-state index in [0.717, 1.165) is 5.56 Å². The number of carbonyl (C=O) groups is 1. The summed E-state index contributed by atoms with van der Waals surface area (Å²) in [5, 5.41) is 7.22. The van der Waals surface area contributed by atoms with Gasteiger partial charge in [-0.2, -0.15) is 5.10 Å². The Morgan fingerprint density at radius 1 is 1.04 bits per heavy atom. The lowest BCUT2D eigenvalue weighted by Gasteiger charge is -2.03. The SMILES string of the molecule is Cc1ccc(NC(=O)c2nn(-c3ccccc3)c3c(=O)n(C)cnc23)cc1. The topological polar surface area (TPSA) is 81.8 Å². The number of nitrogens with zero attached hydrogens (tertiary/aromatic N) is 4. The van der Waals surface area contributed by atoms with Gasteiger partial charge in [-0.15, -0.1) is 0 Å². The lowest BCUT2D eigenvalue weighted by molar-refractivity contribution is 0.102. The molecule has 134 valence electrons. The van der Waals surface area contributed by atoms with E-state index in [9.17, 15) is 9.59 Å². The van der Waals surface area contributed by atoms with E-state index in [1.165, 1.54) is 15.6 Å². The number of aryl methyl sites for hydroxylation is 2. The highest BCUT2D eigenvalue weighted by Crippen LogP contribution is 2.19. The molecule has 7 heteroatoms. The molecule has 0 unspecified atom stereocenters. The molecule has 2 aromatic heterocycles. The molecule has 2 aromatic carbocycles. The number of para-hydroxylation sites is 1. The van der Waals surface area contributed by atoms with E-state index in [4.69, 9.17) is 0 Å². The Hall–Kier alpha value is -3.74. The fourth-order valence-corrected chi connectivity index (χ4v) is 2.82. The summed E-state index contributed by atoms with van der Waals surface area (Å²) in [5.41, 5.74) is 2.79. The van der Waals surface area contributed by atoms with Crippen LogP contribution in [0.1, 0.15) is 16.1 Å². The van der Waals surface area contributed by atoms with Crippen molar-refractivity contribution in [3.8, 4) is 5.69 Å². The van der Waals surface area contributed by atoms with Crippen molar-refractivity contribution in [3.63, 3.8) is 0 Å². The van der Waals surface area contributed by atoms with Crippen LogP contribution in [0.5, 0.6) is 0 Å². The Morgan fingerprint density at radius 3 is 2.44 bits per heavy atom. The van der Waals surface area contributed by atoms with E-state index in [1.807, 2.05) is 61.5 Å². The molecule has 0 bridgehead atoms. The number of benzene rings is 2. The van der Waals surface area contributed by atoms with Gasteiger partial charge in [-0.3, -0.25) is 9.59 Å². The van der Waals surface area contributed by atoms with Gasteiger partial charge >= 0.3 is 0 Å². The molecule has 0 aliphatic carbocycles. The van der Waals surface area contributed by atoms with Gasteiger partial charge in [0, 0.05) is 12.7 Å². The van der Waals surface area contributed by atoms with Gasteiger partial charge in [0.25, 0.3) is 11.5 Å². The van der Waals surface area contributed by atoms with E-state index in [2.05, 4.69) is 15.4 Å². The number of nitrogens with one attached hydrogen (secondary N) is 1. The molecule has 1 amide bonds. The number of hydrogen-bond donors (Lipinski definition) is 1. The minimum absolute atomic E-state index is 0.104. The highest BCUT2D eigenvalue weighted by molar-refractivity contribution is 6.10. The Kier molecular flexibility index (Phi) is 4.04. The maximum Gasteiger partial charge on any atom is 0.279 e. The summed E-state index contributed by atoms with van der Waals surface area (Å²) < 4.78 is 2.83. The fraction of sp³-hybridized carbons (Fsp3) is 0.100. The van der Waals surface area contributed by atoms with Crippen LogP contribution in [0.4, 0.5) is 5.69 Å². The quantitative estimate of drug-likeness (QED) is 0.610. The van der Waals surface area contributed by atoms with Crippen molar-refractivity contribution in [1.82, 2.24) is 19.3 Å². The first-order chi connectivity index (χ1) is 13.0. The van der Waals surface area contributed by atoms with Crippen molar-refractivity contribution in [3.05, 3.63) is 82.5 Å². The predicted molar refractivity (Wildman–Crippen MR) is 103 cm³/mol. The van der Waals surface area contributed by atoms with Crippen LogP contribution in [-0.2, 0) is 7.05 Å². The highest BCUT2D eigenvalue weighted by Gasteiger charge is 2.22. The van der Waals surface area contributed by atoms with Crippen molar-refractivity contribution >= 4 is 22.6 Å². The number of anilines is 1. The normalized spacial score (nSPS) is 10.9. The number of fused-ring (bicyclic) bond motifs is 1. The monoisotopic (exact) mass is 359 g/mol. The van der Waals surface area contributed by atoms with Crippen molar-refractivity contribution in [2.75, 3.05) is 5.32 Å². The zero-order valence-corrected chi connectivity index (χ0v) is 14.9. The van der Waals surface area contributed by atoms with Gasteiger partial charge in [-0.05, 0) is 31.2 Å². The molecule has 2 heterocycles. The minimum Gasteiger partial charge on any atom is -0.321 e. The summed E-state index contributed by atoms with van der Waals surface area (Å²) >= 11 is 0. The second-order valence-corrected chi connectivity index (χ2v) is 6.27. The minimum atomic E-state index is -0.417. The van der Waals surface area contributed by atoms with Crippen molar-refractivity contribution in [2.45, 2.75) is 6.92 Å². The van der Waals surface area contributed by atoms with Crippen LogP contribution in [0.25, 0.3) is 16.7 Å². The van der Waals surface area contributed by atoms with Gasteiger partial charge in [0.2, 0.25) is 0 Å². The van der Waals surface area contributed by atoms with Crippen molar-refractivity contribution < 1.29 is 4.79 Å². The van der Waals surface area contributed by atoms with Gasteiger partial charge in [-0.25, -0.2) is 9.67 Å². The second-order valence-electron chi connectivity index (χ2n) is 6.27. The number of hydrogen-bond acceptors (Lipinski definition) is 4. The molecule has 0 aliphatic rings. The molecule has 0 fully saturated rings. The van der Waals surface area contributed by atoms with E-state index < -0.39 is 5.91 Å². The smallest absolute Gasteiger partial charge is 0.279 e. The molecule has 27 heavy (non-hydrogen) atoms. The van der Waals surface area contributed by atoms with Crippen LogP contribution in [0.2, 0.25) is 0 Å². The molecule has 1 N–H and O–H groups in total. The second kappa shape index (κ2) is 6.53. The summed E-state index contributed by atoms with van der Waals surface area (Å²) in [6.07, 6.45) is 1.39. The average molecular weight is 359 g/mol. The zero-order chi connectivity index (χ0) is 19.0. The summed E-state index contributed by atoms with van der Waals surface area (Å²) in [5.74, 6) is -0.417. The number of rotatable bonds is 3. The van der Waals surface area contributed by atoms with E-state index >= 15 is 0 Å². The molecule has 0 aliphatic heterocycles. The molecule has 0 atom stereocenters. The van der Waals surface area contributed by atoms with Crippen LogP contribution in [-0.4, -0.2) is 25.2 Å². The molecule has 0 saturated heterocycles. The third-order valence-electron chi connectivity index (χ3n) is 4.27. The van der Waals surface area contributed by atoms with Gasteiger partial charge in [0.05, 0.1) is 12.0 Å². The van der Waals surface area contributed by atoms with Crippen molar-refractivity contribution in [2.24, 2.45) is 7.05 Å². The first kappa shape index (κ1) is 16.7. The van der Waals surface area contributed by atoms with Gasteiger partial charge < -0.3 is 9.88 Å². The third kappa shape index (κ3) is 2.99. The summed E-state index contributed by atoms with van der Waals surface area (Å²) in [6.45, 7) is 1.97. The van der Waals surface area contributed by atoms with Crippen LogP contribution in [0, 0.1) is 6.92 Å². The van der Waals surface area contributed by atoms with E-state index in [-0.39, 0.29) is 22.3 Å². The Balaban J connectivity index is 1.86. The summed E-state index contributed by atoms with van der Waals surface area (Å²) in [7, 11) is 1.61. The third-order valence-corrected chi connectivity index (χ3v) is 4.27. The average Bonchev–Trinajstić information content (AvgIpc) is 3.08. The standard InChI is InChI=1S/C20H17N5O2/c1-13-8-10-14(11-9-13)22-19(26)17-16-18(20(27)24(2)12-21-16)25(23-17)15-6-4-3-5-7-15/h3-12H,1-2H3,(H,22,26). The number of amides is 1. The molecule has 0 radical (unpaired) electrons. The van der Waals surface area contributed by atoms with Crippen LogP contribution in [0.3, 0.4) is 0 Å². The summed E-state index contributed by atoms with van der Waals surface area (Å²) in [4.78, 5) is 29.8. The molecule has 4 aromatic rings.